The van der Waals surface area contributed by atoms with E-state index in [9.17, 15) is 4.79 Å². The average molecular weight is 366 g/mol. The van der Waals surface area contributed by atoms with Gasteiger partial charge < -0.3 is 10.6 Å². The van der Waals surface area contributed by atoms with E-state index >= 15 is 0 Å². The van der Waals surface area contributed by atoms with E-state index < -0.39 is 0 Å². The Kier molecular flexibility index (Phi) is 6.39. The molecule has 0 saturated heterocycles. The van der Waals surface area contributed by atoms with E-state index in [1.807, 2.05) is 43.3 Å². The molecule has 0 aliphatic heterocycles. The maximum Gasteiger partial charge on any atom is 0.315 e. The second-order valence-corrected chi connectivity index (χ2v) is 7.18. The number of urea groups is 1. The van der Waals surface area contributed by atoms with Crippen molar-refractivity contribution >= 4 is 17.4 Å². The second-order valence-electron chi connectivity index (χ2n) is 6.09. The molecule has 26 heavy (non-hydrogen) atoms. The standard InChI is InChI=1S/C21H23N3OS/c1-16-19(26-20(24-16)18-12-6-3-7-13-18)15-23-21(25)22-14-8-11-17-9-4-2-5-10-17/h2-7,9-10,12-13H,8,11,14-15H2,1H3,(H2,22,23,25). The van der Waals surface area contributed by atoms with E-state index in [0.29, 0.717) is 13.1 Å². The number of nitrogens with zero attached hydrogens (tertiary/aromatic N) is 1. The minimum atomic E-state index is -0.132. The van der Waals surface area contributed by atoms with Gasteiger partial charge in [0.25, 0.3) is 0 Å². The maximum atomic E-state index is 12.0. The van der Waals surface area contributed by atoms with Gasteiger partial charge in [-0.05, 0) is 25.3 Å². The lowest BCUT2D eigenvalue weighted by molar-refractivity contribution is 0.240. The Morgan fingerprint density at radius 1 is 1.00 bits per heavy atom. The van der Waals surface area contributed by atoms with E-state index in [1.54, 1.807) is 11.3 Å². The van der Waals surface area contributed by atoms with Crippen LogP contribution >= 0.6 is 11.3 Å². The number of amides is 2. The first kappa shape index (κ1) is 18.1. The van der Waals surface area contributed by atoms with Crippen LogP contribution in [0.5, 0.6) is 0 Å². The van der Waals surface area contributed by atoms with Crippen molar-refractivity contribution in [2.24, 2.45) is 0 Å². The number of benzene rings is 2. The van der Waals surface area contributed by atoms with Crippen LogP contribution in [0.2, 0.25) is 0 Å². The smallest absolute Gasteiger partial charge is 0.315 e. The van der Waals surface area contributed by atoms with Gasteiger partial charge in [0, 0.05) is 17.0 Å². The molecule has 0 saturated carbocycles. The Hall–Kier alpha value is -2.66. The lowest BCUT2D eigenvalue weighted by atomic mass is 10.1. The number of carbonyl (C=O) groups is 1. The van der Waals surface area contributed by atoms with Crippen LogP contribution in [-0.2, 0) is 13.0 Å². The van der Waals surface area contributed by atoms with Gasteiger partial charge >= 0.3 is 6.03 Å². The van der Waals surface area contributed by atoms with Crippen molar-refractivity contribution in [2.45, 2.75) is 26.3 Å². The monoisotopic (exact) mass is 365 g/mol. The number of aryl methyl sites for hydroxylation is 2. The molecule has 0 aliphatic rings. The summed E-state index contributed by atoms with van der Waals surface area (Å²) in [5, 5.41) is 6.83. The summed E-state index contributed by atoms with van der Waals surface area (Å²) in [5.41, 5.74) is 3.37. The molecule has 0 fully saturated rings. The fourth-order valence-electron chi connectivity index (χ4n) is 2.66. The zero-order valence-electron chi connectivity index (χ0n) is 14.9. The number of aromatic nitrogens is 1. The Morgan fingerprint density at radius 2 is 1.69 bits per heavy atom. The summed E-state index contributed by atoms with van der Waals surface area (Å²) in [7, 11) is 0. The molecule has 4 nitrogen and oxygen atoms in total. The van der Waals surface area contributed by atoms with Gasteiger partial charge in [0.15, 0.2) is 0 Å². The lowest BCUT2D eigenvalue weighted by Crippen LogP contribution is -2.35. The molecule has 0 bridgehead atoms. The van der Waals surface area contributed by atoms with E-state index in [-0.39, 0.29) is 6.03 Å². The first-order valence-corrected chi connectivity index (χ1v) is 9.61. The van der Waals surface area contributed by atoms with Gasteiger partial charge in [-0.25, -0.2) is 9.78 Å². The highest BCUT2D eigenvalue weighted by molar-refractivity contribution is 7.15. The molecule has 3 rings (SSSR count). The molecule has 134 valence electrons. The summed E-state index contributed by atoms with van der Waals surface area (Å²) >= 11 is 1.63. The summed E-state index contributed by atoms with van der Waals surface area (Å²) < 4.78 is 0. The molecule has 1 aromatic heterocycles. The second kappa shape index (κ2) is 9.15. The topological polar surface area (TPSA) is 54.0 Å². The van der Waals surface area contributed by atoms with E-state index in [2.05, 4.69) is 39.9 Å². The zero-order chi connectivity index (χ0) is 18.2. The van der Waals surface area contributed by atoms with Crippen LogP contribution < -0.4 is 10.6 Å². The molecule has 2 aromatic carbocycles. The molecule has 0 radical (unpaired) electrons. The highest BCUT2D eigenvalue weighted by atomic mass is 32.1. The quantitative estimate of drug-likeness (QED) is 0.604. The third kappa shape index (κ3) is 5.17. The van der Waals surface area contributed by atoms with Crippen LogP contribution in [0.3, 0.4) is 0 Å². The summed E-state index contributed by atoms with van der Waals surface area (Å²) in [6, 6.07) is 20.3. The Morgan fingerprint density at radius 3 is 2.42 bits per heavy atom. The minimum absolute atomic E-state index is 0.132. The van der Waals surface area contributed by atoms with Crippen LogP contribution in [0.15, 0.2) is 60.7 Å². The normalized spacial score (nSPS) is 10.5. The molecule has 0 unspecified atom stereocenters. The van der Waals surface area contributed by atoms with Crippen molar-refractivity contribution in [3.8, 4) is 10.6 Å². The summed E-state index contributed by atoms with van der Waals surface area (Å²) in [4.78, 5) is 17.7. The molecule has 5 heteroatoms. The third-order valence-corrected chi connectivity index (χ3v) is 5.30. The highest BCUT2D eigenvalue weighted by Gasteiger charge is 2.10. The molecular weight excluding hydrogens is 342 g/mol. The van der Waals surface area contributed by atoms with Crippen molar-refractivity contribution < 1.29 is 4.79 Å². The molecular formula is C21H23N3OS. The van der Waals surface area contributed by atoms with Gasteiger partial charge in [-0.1, -0.05) is 60.7 Å². The number of thiazole rings is 1. The number of rotatable bonds is 7. The summed E-state index contributed by atoms with van der Waals surface area (Å²) in [6.45, 7) is 3.15. The first-order valence-electron chi connectivity index (χ1n) is 8.80. The van der Waals surface area contributed by atoms with Gasteiger partial charge in [-0.15, -0.1) is 11.3 Å². The first-order chi connectivity index (χ1) is 12.7. The molecule has 0 atom stereocenters. The van der Waals surface area contributed by atoms with Crippen LogP contribution in [-0.4, -0.2) is 17.6 Å². The van der Waals surface area contributed by atoms with Crippen LogP contribution in [0, 0.1) is 6.92 Å². The molecule has 0 spiro atoms. The number of hydrogen-bond acceptors (Lipinski definition) is 3. The Balaban J connectivity index is 1.42. The lowest BCUT2D eigenvalue weighted by Gasteiger charge is -2.07. The predicted octanol–water partition coefficient (Wildman–Crippen LogP) is 4.55. The van der Waals surface area contributed by atoms with Crippen molar-refractivity contribution in [1.82, 2.24) is 15.6 Å². The Labute approximate surface area is 158 Å². The van der Waals surface area contributed by atoms with Gasteiger partial charge in [-0.2, -0.15) is 0 Å². The Bertz CT molecular complexity index is 831. The largest absolute Gasteiger partial charge is 0.338 e. The number of nitrogens with one attached hydrogen (secondary N) is 2. The maximum absolute atomic E-state index is 12.0. The zero-order valence-corrected chi connectivity index (χ0v) is 15.7. The van der Waals surface area contributed by atoms with Crippen LogP contribution in [0.25, 0.3) is 10.6 Å². The molecule has 1 heterocycles. The van der Waals surface area contributed by atoms with Crippen LogP contribution in [0.1, 0.15) is 22.6 Å². The van der Waals surface area contributed by atoms with Crippen LogP contribution in [0.4, 0.5) is 4.79 Å². The van der Waals surface area contributed by atoms with E-state index in [0.717, 1.165) is 34.0 Å². The summed E-state index contributed by atoms with van der Waals surface area (Å²) in [5.74, 6) is 0. The van der Waals surface area contributed by atoms with Crippen molar-refractivity contribution in [3.05, 3.63) is 76.8 Å². The fraction of sp³-hybridized carbons (Fsp3) is 0.238. The van der Waals surface area contributed by atoms with Gasteiger partial charge in [0.05, 0.1) is 12.2 Å². The van der Waals surface area contributed by atoms with Crippen molar-refractivity contribution in [3.63, 3.8) is 0 Å². The number of carbonyl (C=O) groups excluding carboxylic acids is 1. The third-order valence-electron chi connectivity index (χ3n) is 4.09. The van der Waals surface area contributed by atoms with E-state index in [4.69, 9.17) is 0 Å². The average Bonchev–Trinajstić information content (AvgIpc) is 3.06. The minimum Gasteiger partial charge on any atom is -0.338 e. The van der Waals surface area contributed by atoms with Gasteiger partial charge in [0.1, 0.15) is 5.01 Å². The van der Waals surface area contributed by atoms with Crippen molar-refractivity contribution in [2.75, 3.05) is 6.54 Å². The van der Waals surface area contributed by atoms with E-state index in [1.165, 1.54) is 5.56 Å². The molecule has 2 N–H and O–H groups in total. The van der Waals surface area contributed by atoms with Gasteiger partial charge in [-0.3, -0.25) is 0 Å². The SMILES string of the molecule is Cc1nc(-c2ccccc2)sc1CNC(=O)NCCCc1ccccc1. The highest BCUT2D eigenvalue weighted by Crippen LogP contribution is 2.27. The fourth-order valence-corrected chi connectivity index (χ4v) is 3.67. The van der Waals surface area contributed by atoms with Crippen molar-refractivity contribution in [1.29, 1.82) is 0 Å². The molecule has 3 aromatic rings. The van der Waals surface area contributed by atoms with Gasteiger partial charge in [0.2, 0.25) is 0 Å². The molecule has 2 amide bonds. The predicted molar refractivity (Wildman–Crippen MR) is 107 cm³/mol. The molecule has 0 aliphatic carbocycles. The number of hydrogen-bond donors (Lipinski definition) is 2. The summed E-state index contributed by atoms with van der Waals surface area (Å²) in [6.07, 6.45) is 1.89.